The van der Waals surface area contributed by atoms with Gasteiger partial charge in [0.15, 0.2) is 11.6 Å². The fourth-order valence-electron chi connectivity index (χ4n) is 3.75. The second-order valence-corrected chi connectivity index (χ2v) is 9.14. The monoisotopic (exact) mass is 472 g/mol. The largest absolute Gasteiger partial charge is 0.489 e. The van der Waals surface area contributed by atoms with Gasteiger partial charge in [-0.3, -0.25) is 9.59 Å². The highest BCUT2D eigenvalue weighted by Gasteiger charge is 2.28. The van der Waals surface area contributed by atoms with E-state index in [9.17, 15) is 9.59 Å². The van der Waals surface area contributed by atoms with E-state index in [0.717, 1.165) is 30.8 Å². The van der Waals surface area contributed by atoms with Gasteiger partial charge in [-0.05, 0) is 50.3 Å². The zero-order valence-electron chi connectivity index (χ0n) is 18.9. The SMILES string of the molecule is CC(=O)COc1ncnc(N2CC[C@@H](Oc3ccc(C(C)C(=O)NCC4CC4)cc3)C2)c1Cl. The van der Waals surface area contributed by atoms with Crippen molar-refractivity contribution in [3.05, 3.63) is 41.2 Å². The molecule has 1 aromatic carbocycles. The van der Waals surface area contributed by atoms with Crippen LogP contribution in [0.5, 0.6) is 11.6 Å². The van der Waals surface area contributed by atoms with Gasteiger partial charge in [-0.15, -0.1) is 0 Å². The zero-order valence-corrected chi connectivity index (χ0v) is 19.7. The minimum absolute atomic E-state index is 0.0252. The molecule has 2 aromatic rings. The third-order valence-electron chi connectivity index (χ3n) is 5.93. The number of amides is 1. The van der Waals surface area contributed by atoms with Crippen LogP contribution in [0.15, 0.2) is 30.6 Å². The molecule has 1 unspecified atom stereocenters. The number of ether oxygens (including phenoxy) is 2. The van der Waals surface area contributed by atoms with Gasteiger partial charge in [0.2, 0.25) is 11.8 Å². The first kappa shape index (κ1) is 23.3. The van der Waals surface area contributed by atoms with Crippen molar-refractivity contribution in [3.8, 4) is 11.6 Å². The number of rotatable bonds is 10. The normalized spacial score (nSPS) is 18.6. The van der Waals surface area contributed by atoms with Crippen LogP contribution >= 0.6 is 11.6 Å². The van der Waals surface area contributed by atoms with E-state index in [1.165, 1.54) is 26.1 Å². The number of halogens is 1. The number of Topliss-reactive ketones (excluding diaryl/α,β-unsaturated/α-hetero) is 1. The van der Waals surface area contributed by atoms with Gasteiger partial charge in [0.25, 0.3) is 0 Å². The number of benzene rings is 1. The molecular formula is C24H29ClN4O4. The summed E-state index contributed by atoms with van der Waals surface area (Å²) in [5, 5.41) is 3.33. The number of hydrogen-bond donors (Lipinski definition) is 1. The third-order valence-corrected chi connectivity index (χ3v) is 6.26. The van der Waals surface area contributed by atoms with E-state index in [1.807, 2.05) is 36.1 Å². The molecule has 2 heterocycles. The van der Waals surface area contributed by atoms with Gasteiger partial charge in [-0.2, -0.15) is 0 Å². The second kappa shape index (κ2) is 10.4. The molecular weight excluding hydrogens is 444 g/mol. The van der Waals surface area contributed by atoms with Crippen LogP contribution in [0.4, 0.5) is 5.82 Å². The molecule has 1 N–H and O–H groups in total. The predicted molar refractivity (Wildman–Crippen MR) is 125 cm³/mol. The summed E-state index contributed by atoms with van der Waals surface area (Å²) < 4.78 is 11.5. The Labute approximate surface area is 198 Å². The summed E-state index contributed by atoms with van der Waals surface area (Å²) in [6, 6.07) is 7.72. The number of nitrogens with one attached hydrogen (secondary N) is 1. The van der Waals surface area contributed by atoms with Crippen molar-refractivity contribution in [2.45, 2.75) is 45.1 Å². The fourth-order valence-corrected chi connectivity index (χ4v) is 4.02. The Morgan fingerprint density at radius 2 is 1.97 bits per heavy atom. The van der Waals surface area contributed by atoms with Crippen LogP contribution in [0, 0.1) is 5.92 Å². The summed E-state index contributed by atoms with van der Waals surface area (Å²) >= 11 is 6.42. The number of ketones is 1. The minimum atomic E-state index is -0.195. The number of aromatic nitrogens is 2. The van der Waals surface area contributed by atoms with Crippen LogP contribution < -0.4 is 19.7 Å². The molecule has 4 rings (SSSR count). The first-order chi connectivity index (χ1) is 15.9. The molecule has 1 aromatic heterocycles. The maximum Gasteiger partial charge on any atom is 0.238 e. The molecule has 1 saturated heterocycles. The number of anilines is 1. The van der Waals surface area contributed by atoms with Crippen LogP contribution in [0.25, 0.3) is 0 Å². The van der Waals surface area contributed by atoms with E-state index < -0.39 is 0 Å². The van der Waals surface area contributed by atoms with Crippen molar-refractivity contribution in [2.75, 3.05) is 31.1 Å². The van der Waals surface area contributed by atoms with E-state index in [2.05, 4.69) is 15.3 Å². The summed E-state index contributed by atoms with van der Waals surface area (Å²) in [7, 11) is 0. The fraction of sp³-hybridized carbons (Fsp3) is 0.500. The Bertz CT molecular complexity index is 996. The molecule has 0 spiro atoms. The Morgan fingerprint density at radius 1 is 1.21 bits per heavy atom. The summed E-state index contributed by atoms with van der Waals surface area (Å²) in [5.41, 5.74) is 0.967. The van der Waals surface area contributed by atoms with Gasteiger partial charge in [0, 0.05) is 19.5 Å². The van der Waals surface area contributed by atoms with Gasteiger partial charge >= 0.3 is 0 Å². The van der Waals surface area contributed by atoms with Crippen LogP contribution in [-0.2, 0) is 9.59 Å². The molecule has 2 aliphatic rings. The molecule has 33 heavy (non-hydrogen) atoms. The van der Waals surface area contributed by atoms with Gasteiger partial charge in [0.1, 0.15) is 29.8 Å². The van der Waals surface area contributed by atoms with E-state index >= 15 is 0 Å². The molecule has 2 fully saturated rings. The molecule has 1 aliphatic carbocycles. The lowest BCUT2D eigenvalue weighted by Gasteiger charge is -2.20. The number of carbonyl (C=O) groups is 2. The summed E-state index contributed by atoms with van der Waals surface area (Å²) in [6.07, 6.45) is 4.61. The molecule has 1 amide bonds. The molecule has 176 valence electrons. The Kier molecular flexibility index (Phi) is 7.33. The first-order valence-electron chi connectivity index (χ1n) is 11.3. The quantitative estimate of drug-likeness (QED) is 0.566. The third kappa shape index (κ3) is 6.13. The lowest BCUT2D eigenvalue weighted by atomic mass is 10.0. The summed E-state index contributed by atoms with van der Waals surface area (Å²) in [6.45, 7) is 5.40. The Balaban J connectivity index is 1.31. The number of carbonyl (C=O) groups excluding carboxylic acids is 2. The highest BCUT2D eigenvalue weighted by molar-refractivity contribution is 6.34. The van der Waals surface area contributed by atoms with Crippen LogP contribution in [0.3, 0.4) is 0 Å². The van der Waals surface area contributed by atoms with E-state index in [-0.39, 0.29) is 41.2 Å². The van der Waals surface area contributed by atoms with Crippen molar-refractivity contribution in [1.29, 1.82) is 0 Å². The van der Waals surface area contributed by atoms with Gasteiger partial charge in [-0.25, -0.2) is 9.97 Å². The van der Waals surface area contributed by atoms with Gasteiger partial charge in [0.05, 0.1) is 12.5 Å². The lowest BCUT2D eigenvalue weighted by Crippen LogP contribution is -2.29. The summed E-state index contributed by atoms with van der Waals surface area (Å²) in [4.78, 5) is 33.9. The average molecular weight is 473 g/mol. The topological polar surface area (TPSA) is 93.7 Å². The molecule has 2 atom stereocenters. The van der Waals surface area contributed by atoms with E-state index in [0.29, 0.717) is 18.3 Å². The van der Waals surface area contributed by atoms with Crippen molar-refractivity contribution in [2.24, 2.45) is 5.92 Å². The molecule has 1 aliphatic heterocycles. The van der Waals surface area contributed by atoms with Gasteiger partial charge in [-0.1, -0.05) is 23.7 Å². The maximum absolute atomic E-state index is 12.3. The minimum Gasteiger partial charge on any atom is -0.489 e. The molecule has 1 saturated carbocycles. The van der Waals surface area contributed by atoms with Crippen LogP contribution in [0.1, 0.15) is 44.6 Å². The molecule has 0 bridgehead atoms. The van der Waals surface area contributed by atoms with Crippen molar-refractivity contribution < 1.29 is 19.1 Å². The molecule has 0 radical (unpaired) electrons. The standard InChI is InChI=1S/C24H29ClN4O4/c1-15(30)13-32-24-21(25)22(27-14-28-24)29-10-9-20(12-29)33-19-7-5-18(6-8-19)16(2)23(31)26-11-17-3-4-17/h5-8,14,16-17,20H,3-4,9-13H2,1-2H3,(H,26,31)/t16?,20-/m1/s1. The second-order valence-electron chi connectivity index (χ2n) is 8.76. The molecule has 8 nitrogen and oxygen atoms in total. The van der Waals surface area contributed by atoms with E-state index in [1.54, 1.807) is 0 Å². The number of hydrogen-bond acceptors (Lipinski definition) is 7. The first-order valence-corrected chi connectivity index (χ1v) is 11.7. The average Bonchev–Trinajstić information content (AvgIpc) is 3.53. The van der Waals surface area contributed by atoms with Gasteiger partial charge < -0.3 is 19.7 Å². The molecule has 9 heteroatoms. The predicted octanol–water partition coefficient (Wildman–Crippen LogP) is 3.39. The zero-order chi connectivity index (χ0) is 23.4. The highest BCUT2D eigenvalue weighted by Crippen LogP contribution is 2.33. The van der Waals surface area contributed by atoms with E-state index in [4.69, 9.17) is 21.1 Å². The van der Waals surface area contributed by atoms with Crippen LogP contribution in [0.2, 0.25) is 5.02 Å². The van der Waals surface area contributed by atoms with Crippen molar-refractivity contribution >= 4 is 29.1 Å². The smallest absolute Gasteiger partial charge is 0.238 e. The van der Waals surface area contributed by atoms with Crippen LogP contribution in [-0.4, -0.2) is 54.0 Å². The summed E-state index contributed by atoms with van der Waals surface area (Å²) in [5.74, 6) is 1.95. The van der Waals surface area contributed by atoms with Crippen molar-refractivity contribution in [1.82, 2.24) is 15.3 Å². The Morgan fingerprint density at radius 3 is 2.67 bits per heavy atom. The number of nitrogens with zero attached hydrogens (tertiary/aromatic N) is 3. The maximum atomic E-state index is 12.3. The highest BCUT2D eigenvalue weighted by atomic mass is 35.5. The Hall–Kier alpha value is -2.87. The lowest BCUT2D eigenvalue weighted by molar-refractivity contribution is -0.122. The van der Waals surface area contributed by atoms with Crippen molar-refractivity contribution in [3.63, 3.8) is 0 Å².